The Morgan fingerprint density at radius 3 is 2.44 bits per heavy atom. The molecule has 1 rings (SSSR count). The molecule has 1 saturated heterocycles. The zero-order valence-corrected chi connectivity index (χ0v) is 9.89. The molecule has 6 heteroatoms. The molecule has 0 amide bonds. The molecule has 88 valence electrons. The minimum Gasteiger partial charge on any atom is -0.469 e. The number of hydrogen-bond donors (Lipinski definition) is 0. The van der Waals surface area contributed by atoms with Gasteiger partial charge in [-0.15, -0.1) is 0 Å². The highest BCUT2D eigenvalue weighted by Gasteiger charge is 2.27. The van der Waals surface area contributed by atoms with E-state index in [9.17, 15) is 14.4 Å². The van der Waals surface area contributed by atoms with Crippen molar-refractivity contribution in [3.8, 4) is 0 Å². The number of carbonyl (C=O) groups is 3. The fourth-order valence-corrected chi connectivity index (χ4v) is 2.24. The summed E-state index contributed by atoms with van der Waals surface area (Å²) in [6.45, 7) is 0. The number of ether oxygens (including phenoxy) is 2. The Morgan fingerprint density at radius 1 is 1.31 bits per heavy atom. The Kier molecular flexibility index (Phi) is 4.54. The molecule has 0 bridgehead atoms. The third kappa shape index (κ3) is 2.85. The van der Waals surface area contributed by atoms with E-state index in [2.05, 4.69) is 9.47 Å². The molecule has 0 spiro atoms. The molecule has 0 aromatic carbocycles. The maximum atomic E-state index is 11.5. The Hall–Kier alpha value is -1.30. The molecular formula is C10H12O5S. The topological polar surface area (TPSA) is 69.7 Å². The molecule has 1 heterocycles. The summed E-state index contributed by atoms with van der Waals surface area (Å²) in [5.41, 5.74) is 0.492. The van der Waals surface area contributed by atoms with E-state index >= 15 is 0 Å². The van der Waals surface area contributed by atoms with Crippen molar-refractivity contribution in [1.82, 2.24) is 0 Å². The van der Waals surface area contributed by atoms with E-state index in [0.717, 1.165) is 11.8 Å². The van der Waals surface area contributed by atoms with E-state index in [0.29, 0.717) is 17.7 Å². The standard InChI is InChI=1S/C10H12O5S/c1-14-8(11)5-7(9(12)15-2)6-3-4-16-10(6)13/h3-5H2,1-2H3/b7-6-. The summed E-state index contributed by atoms with van der Waals surface area (Å²) >= 11 is 1.14. The highest BCUT2D eigenvalue weighted by atomic mass is 32.2. The summed E-state index contributed by atoms with van der Waals surface area (Å²) in [4.78, 5) is 34.0. The number of thioether (sulfide) groups is 1. The monoisotopic (exact) mass is 244 g/mol. The summed E-state index contributed by atoms with van der Waals surface area (Å²) < 4.78 is 9.02. The molecule has 0 aliphatic carbocycles. The van der Waals surface area contributed by atoms with Crippen LogP contribution >= 0.6 is 11.8 Å². The largest absolute Gasteiger partial charge is 0.469 e. The van der Waals surface area contributed by atoms with Crippen molar-refractivity contribution in [2.24, 2.45) is 0 Å². The second-order valence-electron chi connectivity index (χ2n) is 3.09. The van der Waals surface area contributed by atoms with Crippen LogP contribution in [0.25, 0.3) is 0 Å². The van der Waals surface area contributed by atoms with E-state index in [4.69, 9.17) is 0 Å². The first kappa shape index (κ1) is 12.8. The predicted molar refractivity (Wildman–Crippen MR) is 57.8 cm³/mol. The molecule has 0 aromatic heterocycles. The van der Waals surface area contributed by atoms with Crippen LogP contribution < -0.4 is 0 Å². The molecule has 16 heavy (non-hydrogen) atoms. The van der Waals surface area contributed by atoms with Crippen molar-refractivity contribution in [3.63, 3.8) is 0 Å². The number of methoxy groups -OCH3 is 2. The van der Waals surface area contributed by atoms with Crippen molar-refractivity contribution in [1.29, 1.82) is 0 Å². The highest BCUT2D eigenvalue weighted by molar-refractivity contribution is 8.14. The molecule has 1 aliphatic rings. The minimum atomic E-state index is -0.642. The maximum Gasteiger partial charge on any atom is 0.334 e. The molecular weight excluding hydrogens is 232 g/mol. The highest BCUT2D eigenvalue weighted by Crippen LogP contribution is 2.29. The smallest absolute Gasteiger partial charge is 0.334 e. The van der Waals surface area contributed by atoms with E-state index in [-0.39, 0.29) is 17.1 Å². The van der Waals surface area contributed by atoms with Crippen molar-refractivity contribution in [2.75, 3.05) is 20.0 Å². The third-order valence-electron chi connectivity index (χ3n) is 2.18. The van der Waals surface area contributed by atoms with Gasteiger partial charge in [-0.05, 0) is 6.42 Å². The third-order valence-corrected chi connectivity index (χ3v) is 3.09. The SMILES string of the molecule is COC(=O)C/C(C(=O)OC)=C1\CCSC1=O. The van der Waals surface area contributed by atoms with E-state index < -0.39 is 11.9 Å². The minimum absolute atomic E-state index is 0.115. The van der Waals surface area contributed by atoms with Crippen LogP contribution in [0.3, 0.4) is 0 Å². The van der Waals surface area contributed by atoms with Gasteiger partial charge in [-0.3, -0.25) is 9.59 Å². The van der Waals surface area contributed by atoms with Crippen LogP contribution in [-0.2, 0) is 23.9 Å². The van der Waals surface area contributed by atoms with Crippen molar-refractivity contribution in [2.45, 2.75) is 12.8 Å². The average molecular weight is 244 g/mol. The first-order valence-corrected chi connectivity index (χ1v) is 5.63. The summed E-state index contributed by atoms with van der Waals surface area (Å²) in [7, 11) is 2.44. The number of esters is 2. The second-order valence-corrected chi connectivity index (χ2v) is 4.16. The summed E-state index contributed by atoms with van der Waals surface area (Å²) in [6, 6.07) is 0. The van der Waals surface area contributed by atoms with E-state index in [1.807, 2.05) is 0 Å². The Morgan fingerprint density at radius 2 is 2.00 bits per heavy atom. The lowest BCUT2D eigenvalue weighted by molar-refractivity contribution is -0.143. The van der Waals surface area contributed by atoms with Gasteiger partial charge in [-0.1, -0.05) is 11.8 Å². The van der Waals surface area contributed by atoms with Crippen LogP contribution in [0.1, 0.15) is 12.8 Å². The van der Waals surface area contributed by atoms with Gasteiger partial charge in [0.05, 0.1) is 26.2 Å². The van der Waals surface area contributed by atoms with Gasteiger partial charge in [0.15, 0.2) is 0 Å². The van der Waals surface area contributed by atoms with Gasteiger partial charge >= 0.3 is 11.9 Å². The molecule has 5 nitrogen and oxygen atoms in total. The normalized spacial score (nSPS) is 18.2. The zero-order valence-electron chi connectivity index (χ0n) is 9.07. The van der Waals surface area contributed by atoms with Crippen LogP contribution in [0.2, 0.25) is 0 Å². The molecule has 1 fully saturated rings. The van der Waals surface area contributed by atoms with E-state index in [1.54, 1.807) is 0 Å². The number of rotatable bonds is 3. The molecule has 0 atom stereocenters. The lowest BCUT2D eigenvalue weighted by Crippen LogP contribution is -2.14. The van der Waals surface area contributed by atoms with E-state index in [1.165, 1.54) is 14.2 Å². The Balaban J connectivity index is 2.99. The fraction of sp³-hybridized carbons (Fsp3) is 0.500. The molecule has 1 aliphatic heterocycles. The molecule has 0 N–H and O–H groups in total. The number of carbonyl (C=O) groups excluding carboxylic acids is 3. The Bertz CT molecular complexity index is 358. The van der Waals surface area contributed by atoms with Gasteiger partial charge in [0.2, 0.25) is 5.12 Å². The van der Waals surface area contributed by atoms with Gasteiger partial charge < -0.3 is 9.47 Å². The summed E-state index contributed by atoms with van der Waals surface area (Å²) in [6.07, 6.45) is 0.274. The fourth-order valence-electron chi connectivity index (χ4n) is 1.35. The van der Waals surface area contributed by atoms with Crippen molar-refractivity contribution < 1.29 is 23.9 Å². The van der Waals surface area contributed by atoms with Crippen LogP contribution in [0.5, 0.6) is 0 Å². The van der Waals surface area contributed by atoms with Crippen molar-refractivity contribution in [3.05, 3.63) is 11.1 Å². The summed E-state index contributed by atoms with van der Waals surface area (Å²) in [5.74, 6) is -0.565. The van der Waals surface area contributed by atoms with Crippen LogP contribution in [0.15, 0.2) is 11.1 Å². The number of hydrogen-bond acceptors (Lipinski definition) is 6. The lowest BCUT2D eigenvalue weighted by atomic mass is 10.0. The van der Waals surface area contributed by atoms with Gasteiger partial charge in [-0.2, -0.15) is 0 Å². The van der Waals surface area contributed by atoms with Crippen LogP contribution in [0, 0.1) is 0 Å². The first-order chi connectivity index (χ1) is 7.60. The summed E-state index contributed by atoms with van der Waals surface area (Å²) in [5, 5.41) is -0.163. The van der Waals surface area contributed by atoms with Gasteiger partial charge in [0.25, 0.3) is 0 Å². The zero-order chi connectivity index (χ0) is 12.1. The van der Waals surface area contributed by atoms with Gasteiger partial charge in [-0.25, -0.2) is 4.79 Å². The maximum absolute atomic E-state index is 11.5. The molecule has 0 aromatic rings. The second kappa shape index (κ2) is 5.69. The predicted octanol–water partition coefficient (Wildman–Crippen LogP) is 0.683. The molecule has 0 unspecified atom stereocenters. The van der Waals surface area contributed by atoms with Crippen molar-refractivity contribution >= 4 is 28.8 Å². The van der Waals surface area contributed by atoms with Gasteiger partial charge in [0, 0.05) is 11.3 Å². The van der Waals surface area contributed by atoms with Crippen LogP contribution in [0.4, 0.5) is 0 Å². The first-order valence-electron chi connectivity index (χ1n) is 4.64. The average Bonchev–Trinajstić information content (AvgIpc) is 2.70. The Labute approximate surface area is 97.2 Å². The van der Waals surface area contributed by atoms with Gasteiger partial charge in [0.1, 0.15) is 0 Å². The van der Waals surface area contributed by atoms with Crippen LogP contribution in [-0.4, -0.2) is 37.0 Å². The molecule has 0 radical (unpaired) electrons. The molecule has 0 saturated carbocycles. The quantitative estimate of drug-likeness (QED) is 0.537. The lowest BCUT2D eigenvalue weighted by Gasteiger charge is -2.06.